The summed E-state index contributed by atoms with van der Waals surface area (Å²) in [5, 5.41) is 3.01. The van der Waals surface area contributed by atoms with Crippen molar-refractivity contribution in [1.82, 2.24) is 5.32 Å². The molecule has 2 aromatic rings. The quantitative estimate of drug-likeness (QED) is 0.479. The molecule has 7 heteroatoms. The van der Waals surface area contributed by atoms with Gasteiger partial charge in [-0.1, -0.05) is 56.3 Å². The summed E-state index contributed by atoms with van der Waals surface area (Å²) in [6, 6.07) is 15.2. The van der Waals surface area contributed by atoms with E-state index in [1.807, 2.05) is 83.1 Å². The van der Waals surface area contributed by atoms with Crippen molar-refractivity contribution in [3.8, 4) is 5.75 Å². The van der Waals surface area contributed by atoms with Gasteiger partial charge in [0, 0.05) is 11.5 Å². The second-order valence-corrected chi connectivity index (χ2v) is 10.9. The molecular formula is C30H39NO6. The van der Waals surface area contributed by atoms with Crippen molar-refractivity contribution in [2.75, 3.05) is 6.61 Å². The summed E-state index contributed by atoms with van der Waals surface area (Å²) < 4.78 is 24.2. The van der Waals surface area contributed by atoms with Crippen molar-refractivity contribution in [2.45, 2.75) is 78.4 Å². The maximum absolute atomic E-state index is 13.2. The van der Waals surface area contributed by atoms with Gasteiger partial charge in [-0.15, -0.1) is 0 Å². The van der Waals surface area contributed by atoms with Crippen molar-refractivity contribution in [2.24, 2.45) is 17.8 Å². The number of rotatable bonds is 7. The molecule has 0 aromatic heterocycles. The Morgan fingerprint density at radius 2 is 1.84 bits per heavy atom. The van der Waals surface area contributed by atoms with Gasteiger partial charge < -0.3 is 24.3 Å². The summed E-state index contributed by atoms with van der Waals surface area (Å²) in [6.45, 7) is 12.4. The average molecular weight is 510 g/mol. The Labute approximate surface area is 219 Å². The van der Waals surface area contributed by atoms with Gasteiger partial charge in [0.2, 0.25) is 0 Å². The first kappa shape index (κ1) is 27.0. The lowest BCUT2D eigenvalue weighted by molar-refractivity contribution is -0.198. The molecule has 1 fully saturated rings. The van der Waals surface area contributed by atoms with Gasteiger partial charge in [0.25, 0.3) is 0 Å². The topological polar surface area (TPSA) is 83.1 Å². The number of fused-ring (bicyclic) bond motifs is 3. The molecule has 0 aliphatic carbocycles. The molecule has 0 bridgehead atoms. The fourth-order valence-electron chi connectivity index (χ4n) is 5.50. The molecule has 1 saturated heterocycles. The van der Waals surface area contributed by atoms with Crippen LogP contribution in [0.25, 0.3) is 0 Å². The van der Waals surface area contributed by atoms with Crippen molar-refractivity contribution in [3.63, 3.8) is 0 Å². The molecule has 0 spiro atoms. The zero-order valence-corrected chi connectivity index (χ0v) is 22.7. The molecule has 2 aromatic carbocycles. The molecule has 1 N–H and O–H groups in total. The summed E-state index contributed by atoms with van der Waals surface area (Å²) >= 11 is 0. The normalized spacial score (nSPS) is 24.7. The SMILES string of the molecule is CCOC(=O)[C@@H]1C[C@@H]2[C@@H](O[C@@H]1[C@@H](NC(=O)OCc1ccccc1)C(C)C)c1ccc(C)cc1OC2(C)C. The van der Waals surface area contributed by atoms with E-state index in [1.54, 1.807) is 6.92 Å². The second kappa shape index (κ2) is 11.1. The number of hydrogen-bond acceptors (Lipinski definition) is 6. The number of esters is 1. The predicted octanol–water partition coefficient (Wildman–Crippen LogP) is 5.74. The number of alkyl carbamates (subject to hydrolysis) is 1. The number of hydrogen-bond donors (Lipinski definition) is 1. The molecule has 0 saturated carbocycles. The summed E-state index contributed by atoms with van der Waals surface area (Å²) in [4.78, 5) is 26.1. The van der Waals surface area contributed by atoms with E-state index in [4.69, 9.17) is 18.9 Å². The van der Waals surface area contributed by atoms with E-state index >= 15 is 0 Å². The molecule has 2 aliphatic heterocycles. The largest absolute Gasteiger partial charge is 0.487 e. The molecule has 2 heterocycles. The third kappa shape index (κ3) is 5.93. The van der Waals surface area contributed by atoms with E-state index in [-0.39, 0.29) is 37.1 Å². The summed E-state index contributed by atoms with van der Waals surface area (Å²) in [6.07, 6.45) is -0.886. The first-order valence-corrected chi connectivity index (χ1v) is 13.2. The standard InChI is InChI=1S/C30H39NO6/c1-7-34-28(32)22-16-23-26(21-14-13-19(4)15-24(21)37-30(23,5)6)36-27(22)25(18(2)3)31-29(33)35-17-20-11-9-8-10-12-20/h8-15,18,22-23,25-27H,7,16-17H2,1-6H3,(H,31,33)/t22-,23-,25+,26+,27+/m1/s1. The predicted molar refractivity (Wildman–Crippen MR) is 140 cm³/mol. The van der Waals surface area contributed by atoms with Crippen LogP contribution in [0.1, 0.15) is 63.8 Å². The van der Waals surface area contributed by atoms with Crippen LogP contribution < -0.4 is 10.1 Å². The maximum Gasteiger partial charge on any atom is 0.407 e. The van der Waals surface area contributed by atoms with E-state index in [9.17, 15) is 9.59 Å². The lowest BCUT2D eigenvalue weighted by Gasteiger charge is -2.52. The van der Waals surface area contributed by atoms with E-state index in [0.717, 1.165) is 22.4 Å². The molecule has 0 radical (unpaired) electrons. The van der Waals surface area contributed by atoms with E-state index < -0.39 is 29.8 Å². The summed E-state index contributed by atoms with van der Waals surface area (Å²) in [5.74, 6) is -0.158. The van der Waals surface area contributed by atoms with Gasteiger partial charge in [0.05, 0.1) is 30.8 Å². The van der Waals surface area contributed by atoms with E-state index in [1.165, 1.54) is 0 Å². The van der Waals surface area contributed by atoms with Crippen LogP contribution in [0.15, 0.2) is 48.5 Å². The van der Waals surface area contributed by atoms with E-state index in [2.05, 4.69) is 5.32 Å². The van der Waals surface area contributed by atoms with Gasteiger partial charge in [-0.25, -0.2) is 4.79 Å². The number of carbonyl (C=O) groups excluding carboxylic acids is 2. The number of ether oxygens (including phenoxy) is 4. The number of carbonyl (C=O) groups is 2. The highest BCUT2D eigenvalue weighted by atomic mass is 16.6. The Morgan fingerprint density at radius 3 is 2.51 bits per heavy atom. The molecule has 200 valence electrons. The van der Waals surface area contributed by atoms with Crippen LogP contribution in [0.2, 0.25) is 0 Å². The first-order valence-electron chi connectivity index (χ1n) is 13.2. The second-order valence-electron chi connectivity index (χ2n) is 10.9. The van der Waals surface area contributed by atoms with Crippen LogP contribution in [0.3, 0.4) is 0 Å². The number of aryl methyl sites for hydroxylation is 1. The van der Waals surface area contributed by atoms with Crippen molar-refractivity contribution < 1.29 is 28.5 Å². The van der Waals surface area contributed by atoms with Gasteiger partial charge in [0.1, 0.15) is 18.0 Å². The molecule has 1 amide bonds. The van der Waals surface area contributed by atoms with Crippen molar-refractivity contribution >= 4 is 12.1 Å². The van der Waals surface area contributed by atoms with Gasteiger partial charge in [-0.05, 0) is 57.2 Å². The minimum atomic E-state index is -0.590. The Kier molecular flexibility index (Phi) is 8.12. The van der Waals surface area contributed by atoms with Crippen LogP contribution in [-0.2, 0) is 25.6 Å². The number of nitrogens with one attached hydrogen (secondary N) is 1. The Balaban J connectivity index is 1.62. The van der Waals surface area contributed by atoms with Crippen molar-refractivity contribution in [1.29, 1.82) is 0 Å². The highest BCUT2D eigenvalue weighted by molar-refractivity contribution is 5.74. The molecule has 4 rings (SSSR count). The zero-order chi connectivity index (χ0) is 26.7. The minimum absolute atomic E-state index is 0.0203. The van der Waals surface area contributed by atoms with Crippen LogP contribution >= 0.6 is 0 Å². The summed E-state index contributed by atoms with van der Waals surface area (Å²) in [5.41, 5.74) is 2.43. The van der Waals surface area contributed by atoms with Crippen LogP contribution in [0.5, 0.6) is 5.75 Å². The third-order valence-electron chi connectivity index (χ3n) is 7.47. The monoisotopic (exact) mass is 509 g/mol. The lowest BCUT2D eigenvalue weighted by Crippen LogP contribution is -2.59. The third-order valence-corrected chi connectivity index (χ3v) is 7.47. The van der Waals surface area contributed by atoms with Gasteiger partial charge >= 0.3 is 12.1 Å². The number of benzene rings is 2. The van der Waals surface area contributed by atoms with Gasteiger partial charge in [0.15, 0.2) is 0 Å². The molecule has 37 heavy (non-hydrogen) atoms. The lowest BCUT2D eigenvalue weighted by atomic mass is 9.70. The fourth-order valence-corrected chi connectivity index (χ4v) is 5.50. The van der Waals surface area contributed by atoms with Crippen LogP contribution in [0, 0.1) is 24.7 Å². The molecule has 7 nitrogen and oxygen atoms in total. The fraction of sp³-hybridized carbons (Fsp3) is 0.533. The zero-order valence-electron chi connectivity index (χ0n) is 22.7. The molecule has 5 atom stereocenters. The Bertz CT molecular complexity index is 1100. The molecule has 0 unspecified atom stereocenters. The summed E-state index contributed by atoms with van der Waals surface area (Å²) in [7, 11) is 0. The highest BCUT2D eigenvalue weighted by Gasteiger charge is 2.54. The van der Waals surface area contributed by atoms with Gasteiger partial charge in [-0.2, -0.15) is 0 Å². The smallest absolute Gasteiger partial charge is 0.407 e. The average Bonchev–Trinajstić information content (AvgIpc) is 2.85. The van der Waals surface area contributed by atoms with Crippen LogP contribution in [-0.4, -0.2) is 36.4 Å². The van der Waals surface area contributed by atoms with Gasteiger partial charge in [-0.3, -0.25) is 4.79 Å². The van der Waals surface area contributed by atoms with Crippen molar-refractivity contribution in [3.05, 3.63) is 65.2 Å². The minimum Gasteiger partial charge on any atom is -0.487 e. The molecule has 2 aliphatic rings. The maximum atomic E-state index is 13.2. The van der Waals surface area contributed by atoms with E-state index in [0.29, 0.717) is 6.42 Å². The van der Waals surface area contributed by atoms with Crippen LogP contribution in [0.4, 0.5) is 4.79 Å². The first-order chi connectivity index (χ1) is 17.6. The number of amides is 1. The molecular weight excluding hydrogens is 470 g/mol. The Morgan fingerprint density at radius 1 is 1.11 bits per heavy atom. The highest BCUT2D eigenvalue weighted by Crippen LogP contribution is 2.53. The Hall–Kier alpha value is -3.06.